The van der Waals surface area contributed by atoms with Gasteiger partial charge in [-0.1, -0.05) is 13.3 Å². The molecule has 0 radical (unpaired) electrons. The molecular weight excluding hydrogens is 404 g/mol. The van der Waals surface area contributed by atoms with Crippen molar-refractivity contribution in [1.29, 1.82) is 0 Å². The highest BCUT2D eigenvalue weighted by Crippen LogP contribution is 2.29. The zero-order valence-corrected chi connectivity index (χ0v) is 19.1. The molecule has 32 heavy (non-hydrogen) atoms. The van der Waals surface area contributed by atoms with Gasteiger partial charge < -0.3 is 20.5 Å². The van der Waals surface area contributed by atoms with Crippen molar-refractivity contribution >= 4 is 11.8 Å². The van der Waals surface area contributed by atoms with Crippen molar-refractivity contribution < 1.29 is 9.84 Å². The Balaban J connectivity index is 1.55. The molecule has 2 aromatic rings. The molecule has 3 N–H and O–H groups in total. The molecule has 2 fully saturated rings. The number of aliphatic hydroxyl groups is 1. The van der Waals surface area contributed by atoms with Gasteiger partial charge in [0.15, 0.2) is 0 Å². The van der Waals surface area contributed by atoms with E-state index in [1.807, 2.05) is 12.4 Å². The van der Waals surface area contributed by atoms with Crippen LogP contribution in [0.2, 0.25) is 0 Å². The molecule has 8 nitrogen and oxygen atoms in total. The average Bonchev–Trinajstić information content (AvgIpc) is 2.82. The van der Waals surface area contributed by atoms with Gasteiger partial charge in [-0.3, -0.25) is 9.88 Å². The summed E-state index contributed by atoms with van der Waals surface area (Å²) in [5.74, 6) is 1.46. The fourth-order valence-electron chi connectivity index (χ4n) is 4.29. The van der Waals surface area contributed by atoms with Gasteiger partial charge in [0.25, 0.3) is 0 Å². The molecule has 1 aliphatic heterocycles. The van der Waals surface area contributed by atoms with Crippen LogP contribution in [-0.4, -0.2) is 70.0 Å². The lowest BCUT2D eigenvalue weighted by Crippen LogP contribution is -2.35. The van der Waals surface area contributed by atoms with Crippen LogP contribution in [0.15, 0.2) is 24.5 Å². The largest absolute Gasteiger partial charge is 0.393 e. The second-order valence-corrected chi connectivity index (χ2v) is 8.82. The highest BCUT2D eigenvalue weighted by molar-refractivity contribution is 5.73. The molecule has 0 aromatic carbocycles. The van der Waals surface area contributed by atoms with Gasteiger partial charge in [-0.05, 0) is 49.8 Å². The summed E-state index contributed by atoms with van der Waals surface area (Å²) in [7, 11) is 0. The molecule has 0 bridgehead atoms. The van der Waals surface area contributed by atoms with Crippen molar-refractivity contribution in [3.63, 3.8) is 0 Å². The van der Waals surface area contributed by atoms with Gasteiger partial charge in [-0.2, -0.15) is 4.98 Å². The number of nitrogens with one attached hydrogen (secondary N) is 2. The van der Waals surface area contributed by atoms with Crippen LogP contribution >= 0.6 is 0 Å². The van der Waals surface area contributed by atoms with E-state index in [0.29, 0.717) is 12.0 Å². The Bertz CT molecular complexity index is 850. The average molecular weight is 441 g/mol. The van der Waals surface area contributed by atoms with Gasteiger partial charge in [-0.25, -0.2) is 4.98 Å². The van der Waals surface area contributed by atoms with E-state index in [9.17, 15) is 5.11 Å². The summed E-state index contributed by atoms with van der Waals surface area (Å²) in [6.07, 6.45) is 9.31. The first-order valence-corrected chi connectivity index (χ1v) is 12.0. The fraction of sp³-hybridized carbons (Fsp3) is 0.625. The summed E-state index contributed by atoms with van der Waals surface area (Å²) in [6, 6.07) is 4.52. The third-order valence-electron chi connectivity index (χ3n) is 6.25. The van der Waals surface area contributed by atoms with Gasteiger partial charge in [0.2, 0.25) is 5.95 Å². The van der Waals surface area contributed by atoms with E-state index in [0.717, 1.165) is 95.0 Å². The van der Waals surface area contributed by atoms with Crippen molar-refractivity contribution in [2.75, 3.05) is 43.5 Å². The number of morpholine rings is 1. The SMILES string of the molecule is CCCCNc1ncc(-c2cc(CN3CCOCC3)ccn2)c(NC2CCC(O)CC2)n1. The molecule has 3 heterocycles. The number of nitrogens with zero attached hydrogens (tertiary/aromatic N) is 4. The lowest BCUT2D eigenvalue weighted by Gasteiger charge is -2.27. The number of pyridine rings is 1. The summed E-state index contributed by atoms with van der Waals surface area (Å²) >= 11 is 0. The Hall–Kier alpha value is -2.29. The van der Waals surface area contributed by atoms with Gasteiger partial charge in [0.05, 0.1) is 30.6 Å². The minimum Gasteiger partial charge on any atom is -0.393 e. The third kappa shape index (κ3) is 6.37. The number of anilines is 2. The highest BCUT2D eigenvalue weighted by Gasteiger charge is 2.22. The summed E-state index contributed by atoms with van der Waals surface area (Å²) in [5.41, 5.74) is 3.03. The van der Waals surface area contributed by atoms with Crippen molar-refractivity contribution in [1.82, 2.24) is 19.9 Å². The lowest BCUT2D eigenvalue weighted by atomic mass is 9.93. The van der Waals surface area contributed by atoms with Crippen LogP contribution in [0.4, 0.5) is 11.8 Å². The van der Waals surface area contributed by atoms with Crippen LogP contribution in [0, 0.1) is 0 Å². The molecule has 1 saturated carbocycles. The van der Waals surface area contributed by atoms with Crippen LogP contribution in [-0.2, 0) is 11.3 Å². The molecule has 0 amide bonds. The molecule has 0 spiro atoms. The van der Waals surface area contributed by atoms with E-state index in [4.69, 9.17) is 9.72 Å². The normalized spacial score (nSPS) is 21.9. The van der Waals surface area contributed by atoms with E-state index in [-0.39, 0.29) is 6.10 Å². The Labute approximate surface area is 190 Å². The van der Waals surface area contributed by atoms with Crippen molar-refractivity contribution in [2.45, 2.75) is 64.1 Å². The lowest BCUT2D eigenvalue weighted by molar-refractivity contribution is 0.0342. The predicted molar refractivity (Wildman–Crippen MR) is 127 cm³/mol. The van der Waals surface area contributed by atoms with Crippen LogP contribution in [0.25, 0.3) is 11.3 Å². The molecule has 0 atom stereocenters. The number of hydrogen-bond donors (Lipinski definition) is 3. The predicted octanol–water partition coefficient (Wildman–Crippen LogP) is 3.30. The molecule has 0 unspecified atom stereocenters. The van der Waals surface area contributed by atoms with E-state index in [2.05, 4.69) is 44.6 Å². The Kier molecular flexibility index (Phi) is 8.25. The molecule has 4 rings (SSSR count). The maximum absolute atomic E-state index is 9.87. The van der Waals surface area contributed by atoms with Crippen LogP contribution in [0.5, 0.6) is 0 Å². The van der Waals surface area contributed by atoms with Gasteiger partial charge in [-0.15, -0.1) is 0 Å². The van der Waals surface area contributed by atoms with Crippen LogP contribution in [0.3, 0.4) is 0 Å². The third-order valence-corrected chi connectivity index (χ3v) is 6.25. The van der Waals surface area contributed by atoms with E-state index in [1.54, 1.807) is 0 Å². The fourth-order valence-corrected chi connectivity index (χ4v) is 4.29. The van der Waals surface area contributed by atoms with Crippen LogP contribution < -0.4 is 10.6 Å². The first kappa shape index (κ1) is 22.9. The number of aromatic nitrogens is 3. The Morgan fingerprint density at radius 2 is 1.97 bits per heavy atom. The number of rotatable bonds is 9. The quantitative estimate of drug-likeness (QED) is 0.511. The van der Waals surface area contributed by atoms with Crippen molar-refractivity contribution in [3.05, 3.63) is 30.1 Å². The second kappa shape index (κ2) is 11.5. The zero-order chi connectivity index (χ0) is 22.2. The topological polar surface area (TPSA) is 95.4 Å². The molecular formula is C24H36N6O2. The Morgan fingerprint density at radius 3 is 2.75 bits per heavy atom. The number of hydrogen-bond acceptors (Lipinski definition) is 8. The van der Waals surface area contributed by atoms with E-state index < -0.39 is 0 Å². The Morgan fingerprint density at radius 1 is 1.16 bits per heavy atom. The monoisotopic (exact) mass is 440 g/mol. The highest BCUT2D eigenvalue weighted by atomic mass is 16.5. The number of ether oxygens (including phenoxy) is 1. The number of aliphatic hydroxyl groups excluding tert-OH is 1. The summed E-state index contributed by atoms with van der Waals surface area (Å²) in [5, 5.41) is 16.8. The molecule has 1 aliphatic carbocycles. The summed E-state index contributed by atoms with van der Waals surface area (Å²) < 4.78 is 5.47. The van der Waals surface area contributed by atoms with Crippen LogP contribution in [0.1, 0.15) is 51.0 Å². The van der Waals surface area contributed by atoms with E-state index >= 15 is 0 Å². The molecule has 174 valence electrons. The summed E-state index contributed by atoms with van der Waals surface area (Å²) in [6.45, 7) is 7.42. The summed E-state index contributed by atoms with van der Waals surface area (Å²) in [4.78, 5) is 16.4. The standard InChI is InChI=1S/C24H36N6O2/c1-2-3-9-26-24-27-16-21(23(29-24)28-19-4-6-20(31)7-5-19)22-15-18(8-10-25-22)17-30-11-13-32-14-12-30/h8,10,15-16,19-20,31H,2-7,9,11-14,17H2,1H3,(H2,26,27,28,29). The maximum atomic E-state index is 9.87. The van der Waals surface area contributed by atoms with Crippen molar-refractivity contribution in [2.24, 2.45) is 0 Å². The second-order valence-electron chi connectivity index (χ2n) is 8.82. The first-order valence-electron chi connectivity index (χ1n) is 12.0. The molecule has 2 aromatic heterocycles. The molecule has 8 heteroatoms. The van der Waals surface area contributed by atoms with E-state index in [1.165, 1.54) is 5.56 Å². The maximum Gasteiger partial charge on any atom is 0.224 e. The number of unbranched alkanes of at least 4 members (excludes halogenated alkanes) is 1. The minimum absolute atomic E-state index is 0.178. The zero-order valence-electron chi connectivity index (χ0n) is 19.1. The molecule has 1 saturated heterocycles. The van der Waals surface area contributed by atoms with Gasteiger partial charge in [0, 0.05) is 44.6 Å². The smallest absolute Gasteiger partial charge is 0.224 e. The minimum atomic E-state index is -0.178. The van der Waals surface area contributed by atoms with Gasteiger partial charge >= 0.3 is 0 Å². The van der Waals surface area contributed by atoms with Crippen molar-refractivity contribution in [3.8, 4) is 11.3 Å². The first-order chi connectivity index (χ1) is 15.7. The molecule has 2 aliphatic rings. The van der Waals surface area contributed by atoms with Gasteiger partial charge in [0.1, 0.15) is 5.82 Å².